The Balaban J connectivity index is 1.30. The number of benzene rings is 1. The predicted molar refractivity (Wildman–Crippen MR) is 116 cm³/mol. The van der Waals surface area contributed by atoms with E-state index in [4.69, 9.17) is 14.2 Å². The molecule has 1 fully saturated rings. The Morgan fingerprint density at radius 3 is 2.72 bits per heavy atom. The summed E-state index contributed by atoms with van der Waals surface area (Å²) in [5, 5.41) is 0. The Morgan fingerprint density at radius 1 is 1.22 bits per heavy atom. The fourth-order valence-electron chi connectivity index (χ4n) is 3.72. The lowest BCUT2D eigenvalue weighted by molar-refractivity contribution is 0.0495. The summed E-state index contributed by atoms with van der Waals surface area (Å²) in [6.45, 7) is 1.48. The third-order valence-corrected chi connectivity index (χ3v) is 5.51. The predicted octanol–water partition coefficient (Wildman–Crippen LogP) is 1.24. The maximum Gasteiger partial charge on any atom is 0.338 e. The van der Waals surface area contributed by atoms with Crippen molar-refractivity contribution in [1.82, 2.24) is 18.7 Å². The Kier molecular flexibility index (Phi) is 6.40. The molecule has 1 aromatic carbocycles. The van der Waals surface area contributed by atoms with Crippen molar-refractivity contribution in [1.29, 1.82) is 0 Å². The number of fused-ring (bicyclic) bond motifs is 1. The van der Waals surface area contributed by atoms with Gasteiger partial charge in [-0.2, -0.15) is 0 Å². The van der Waals surface area contributed by atoms with E-state index in [1.54, 1.807) is 42.9 Å². The maximum absolute atomic E-state index is 12.7. The number of aromatic nitrogens is 4. The van der Waals surface area contributed by atoms with Crippen molar-refractivity contribution in [3.8, 4) is 5.75 Å². The Labute approximate surface area is 184 Å². The summed E-state index contributed by atoms with van der Waals surface area (Å²) in [6, 6.07) is 6.73. The first-order valence-electron chi connectivity index (χ1n) is 10.6. The van der Waals surface area contributed by atoms with E-state index < -0.39 is 17.2 Å². The third kappa shape index (κ3) is 4.45. The van der Waals surface area contributed by atoms with Crippen LogP contribution in [-0.2, 0) is 30.1 Å². The molecule has 4 rings (SSSR count). The number of carbonyl (C=O) groups excluding carboxylic acids is 1. The number of carbonyl (C=O) groups is 1. The highest BCUT2D eigenvalue weighted by Crippen LogP contribution is 2.17. The first-order chi connectivity index (χ1) is 15.5. The molecule has 0 N–H and O–H groups in total. The van der Waals surface area contributed by atoms with Gasteiger partial charge in [0.25, 0.3) is 5.56 Å². The van der Waals surface area contributed by atoms with E-state index in [1.807, 2.05) is 0 Å². The molecule has 0 bridgehead atoms. The monoisotopic (exact) mass is 442 g/mol. The Morgan fingerprint density at radius 2 is 2.00 bits per heavy atom. The van der Waals surface area contributed by atoms with Crippen LogP contribution >= 0.6 is 0 Å². The van der Waals surface area contributed by atoms with Crippen LogP contribution in [0.25, 0.3) is 11.2 Å². The molecule has 0 unspecified atom stereocenters. The summed E-state index contributed by atoms with van der Waals surface area (Å²) in [6.07, 6.45) is 4.00. The molecule has 10 nitrogen and oxygen atoms in total. The van der Waals surface area contributed by atoms with Crippen LogP contribution in [0.2, 0.25) is 0 Å². The Hall–Kier alpha value is -3.40. The Bertz CT molecular complexity index is 1220. The molecule has 1 saturated heterocycles. The van der Waals surface area contributed by atoms with Crippen molar-refractivity contribution in [2.75, 3.05) is 19.8 Å². The minimum Gasteiger partial charge on any atom is -0.491 e. The number of hydrogen-bond donors (Lipinski definition) is 0. The SMILES string of the molecule is Cn1cnc2c1c(=O)n(CCCOC(=O)c1ccc(OC[C@H]3CCCO3)cc1)c(=O)n2C. The van der Waals surface area contributed by atoms with E-state index in [2.05, 4.69) is 4.98 Å². The van der Waals surface area contributed by atoms with E-state index >= 15 is 0 Å². The number of imidazole rings is 1. The molecule has 10 heteroatoms. The highest BCUT2D eigenvalue weighted by atomic mass is 16.5. The van der Waals surface area contributed by atoms with Crippen LogP contribution in [0.15, 0.2) is 40.2 Å². The van der Waals surface area contributed by atoms with E-state index in [1.165, 1.54) is 10.9 Å². The van der Waals surface area contributed by atoms with Crippen molar-refractivity contribution in [3.05, 3.63) is 57.0 Å². The summed E-state index contributed by atoms with van der Waals surface area (Å²) >= 11 is 0. The number of esters is 1. The average molecular weight is 442 g/mol. The number of hydrogen-bond acceptors (Lipinski definition) is 7. The van der Waals surface area contributed by atoms with Crippen LogP contribution in [0.5, 0.6) is 5.75 Å². The van der Waals surface area contributed by atoms with Crippen LogP contribution in [0.1, 0.15) is 29.6 Å². The largest absolute Gasteiger partial charge is 0.491 e. The molecular weight excluding hydrogens is 416 g/mol. The van der Waals surface area contributed by atoms with Gasteiger partial charge in [0.1, 0.15) is 12.4 Å². The maximum atomic E-state index is 12.7. The smallest absolute Gasteiger partial charge is 0.338 e. The van der Waals surface area contributed by atoms with Crippen molar-refractivity contribution in [2.45, 2.75) is 31.9 Å². The molecule has 0 saturated carbocycles. The molecule has 0 spiro atoms. The minimum atomic E-state index is -0.474. The van der Waals surface area contributed by atoms with Gasteiger partial charge >= 0.3 is 11.7 Å². The number of ether oxygens (including phenoxy) is 3. The van der Waals surface area contributed by atoms with Gasteiger partial charge in [-0.3, -0.25) is 13.9 Å². The molecule has 1 aliphatic rings. The fraction of sp³-hybridized carbons (Fsp3) is 0.455. The zero-order valence-corrected chi connectivity index (χ0v) is 18.2. The number of aryl methyl sites for hydroxylation is 2. The molecule has 1 aliphatic heterocycles. The molecule has 0 radical (unpaired) electrons. The third-order valence-electron chi connectivity index (χ3n) is 5.51. The second kappa shape index (κ2) is 9.39. The molecule has 1 atom stereocenters. The van der Waals surface area contributed by atoms with Gasteiger partial charge in [-0.25, -0.2) is 14.6 Å². The average Bonchev–Trinajstić information content (AvgIpc) is 3.45. The second-order valence-electron chi connectivity index (χ2n) is 7.79. The van der Waals surface area contributed by atoms with Gasteiger partial charge in [0.05, 0.1) is 24.6 Å². The molecule has 170 valence electrons. The quantitative estimate of drug-likeness (QED) is 0.382. The normalized spacial score (nSPS) is 15.9. The van der Waals surface area contributed by atoms with Crippen molar-refractivity contribution in [2.24, 2.45) is 14.1 Å². The van der Waals surface area contributed by atoms with Gasteiger partial charge < -0.3 is 18.8 Å². The molecule has 0 amide bonds. The minimum absolute atomic E-state index is 0.0785. The van der Waals surface area contributed by atoms with E-state index in [-0.39, 0.29) is 19.3 Å². The summed E-state index contributed by atoms with van der Waals surface area (Å²) in [5.74, 6) is 0.191. The lowest BCUT2D eigenvalue weighted by atomic mass is 10.2. The number of nitrogens with zero attached hydrogens (tertiary/aromatic N) is 4. The zero-order chi connectivity index (χ0) is 22.7. The summed E-state index contributed by atoms with van der Waals surface area (Å²) in [5.41, 5.74) is 0.234. The number of rotatable bonds is 8. The van der Waals surface area contributed by atoms with Crippen molar-refractivity contribution < 1.29 is 19.0 Å². The molecule has 2 aromatic heterocycles. The molecule has 3 aromatic rings. The van der Waals surface area contributed by atoms with Crippen molar-refractivity contribution in [3.63, 3.8) is 0 Å². The molecular formula is C22H26N4O6. The lowest BCUT2D eigenvalue weighted by Crippen LogP contribution is -2.39. The standard InChI is InChI=1S/C22H26N4O6/c1-24-14-23-19-18(24)20(27)26(22(29)25(19)2)10-4-12-31-21(28)15-6-8-16(9-7-15)32-13-17-5-3-11-30-17/h6-9,14,17H,3-5,10-13H2,1-2H3/t17-/m1/s1. The van der Waals surface area contributed by atoms with Crippen LogP contribution in [0, 0.1) is 0 Å². The summed E-state index contributed by atoms with van der Waals surface area (Å²) < 4.78 is 20.6. The summed E-state index contributed by atoms with van der Waals surface area (Å²) in [4.78, 5) is 41.5. The van der Waals surface area contributed by atoms with Crippen LogP contribution in [0.3, 0.4) is 0 Å². The second-order valence-corrected chi connectivity index (χ2v) is 7.79. The fourth-order valence-corrected chi connectivity index (χ4v) is 3.72. The first-order valence-corrected chi connectivity index (χ1v) is 10.6. The molecule has 3 heterocycles. The lowest BCUT2D eigenvalue weighted by Gasteiger charge is -2.12. The zero-order valence-electron chi connectivity index (χ0n) is 18.2. The van der Waals surface area contributed by atoms with E-state index in [0.717, 1.165) is 24.0 Å². The van der Waals surface area contributed by atoms with Crippen LogP contribution in [0.4, 0.5) is 0 Å². The molecule has 0 aliphatic carbocycles. The highest BCUT2D eigenvalue weighted by molar-refractivity contribution is 5.89. The van der Waals surface area contributed by atoms with Gasteiger partial charge in [-0.15, -0.1) is 0 Å². The van der Waals surface area contributed by atoms with Gasteiger partial charge in [0.2, 0.25) is 0 Å². The van der Waals surface area contributed by atoms with Gasteiger partial charge in [-0.05, 0) is 43.5 Å². The molecule has 32 heavy (non-hydrogen) atoms. The van der Waals surface area contributed by atoms with E-state index in [9.17, 15) is 14.4 Å². The topological polar surface area (TPSA) is 107 Å². The van der Waals surface area contributed by atoms with Crippen LogP contribution < -0.4 is 16.0 Å². The summed E-state index contributed by atoms with van der Waals surface area (Å²) in [7, 11) is 3.27. The van der Waals surface area contributed by atoms with Gasteiger partial charge in [0, 0.05) is 27.2 Å². The van der Waals surface area contributed by atoms with Crippen LogP contribution in [-0.4, -0.2) is 50.6 Å². The first kappa shape index (κ1) is 21.8. The van der Waals surface area contributed by atoms with E-state index in [0.29, 0.717) is 35.5 Å². The van der Waals surface area contributed by atoms with Crippen molar-refractivity contribution >= 4 is 17.1 Å². The van der Waals surface area contributed by atoms with Gasteiger partial charge in [0.15, 0.2) is 11.2 Å². The highest BCUT2D eigenvalue weighted by Gasteiger charge is 2.17. The van der Waals surface area contributed by atoms with Gasteiger partial charge in [-0.1, -0.05) is 0 Å².